The summed E-state index contributed by atoms with van der Waals surface area (Å²) in [5.41, 5.74) is 3.52. The Balaban J connectivity index is 1.56. The Kier molecular flexibility index (Phi) is 5.68. The molecule has 1 aliphatic heterocycles. The number of rotatable bonds is 4. The molecule has 0 radical (unpaired) electrons. The van der Waals surface area contributed by atoms with Crippen molar-refractivity contribution in [2.45, 2.75) is 13.3 Å². The molecule has 1 fully saturated rings. The second-order valence-corrected chi connectivity index (χ2v) is 6.88. The van der Waals surface area contributed by atoms with Crippen LogP contribution in [0.3, 0.4) is 0 Å². The number of amides is 2. The molecule has 0 atom stereocenters. The van der Waals surface area contributed by atoms with Crippen LogP contribution in [0.25, 0.3) is 0 Å². The van der Waals surface area contributed by atoms with Gasteiger partial charge in [-0.1, -0.05) is 29.8 Å². The molecule has 5 heteroatoms. The number of carbonyl (C=O) groups is 2. The monoisotopic (exact) mass is 351 g/mol. The zero-order chi connectivity index (χ0) is 18.5. The molecule has 0 bridgehead atoms. The van der Waals surface area contributed by atoms with E-state index in [0.29, 0.717) is 17.7 Å². The van der Waals surface area contributed by atoms with E-state index >= 15 is 0 Å². The number of likely N-dealkylation sites (N-methyl/N-ethyl adjacent to an activating group) is 1. The molecule has 2 amide bonds. The zero-order valence-corrected chi connectivity index (χ0v) is 15.4. The van der Waals surface area contributed by atoms with Crippen molar-refractivity contribution in [3.63, 3.8) is 0 Å². The number of hydrogen-bond acceptors (Lipinski definition) is 3. The Morgan fingerprint density at radius 3 is 2.15 bits per heavy atom. The molecule has 3 rings (SSSR count). The third kappa shape index (κ3) is 4.70. The van der Waals surface area contributed by atoms with Gasteiger partial charge in [0, 0.05) is 37.4 Å². The molecule has 0 saturated carbocycles. The highest BCUT2D eigenvalue weighted by Gasteiger charge is 2.20. The third-order valence-corrected chi connectivity index (χ3v) is 4.69. The van der Waals surface area contributed by atoms with Crippen LogP contribution in [0, 0.1) is 6.92 Å². The van der Waals surface area contributed by atoms with E-state index in [1.54, 1.807) is 24.3 Å². The predicted molar refractivity (Wildman–Crippen MR) is 103 cm³/mol. The fourth-order valence-electron chi connectivity index (χ4n) is 2.98. The molecule has 26 heavy (non-hydrogen) atoms. The molecule has 5 nitrogen and oxygen atoms in total. The van der Waals surface area contributed by atoms with Gasteiger partial charge in [0.1, 0.15) is 0 Å². The molecule has 1 N–H and O–H groups in total. The van der Waals surface area contributed by atoms with Crippen molar-refractivity contribution in [1.29, 1.82) is 0 Å². The minimum atomic E-state index is -0.0630. The van der Waals surface area contributed by atoms with Gasteiger partial charge >= 0.3 is 0 Å². The van der Waals surface area contributed by atoms with E-state index in [1.165, 1.54) is 5.56 Å². The molecule has 1 saturated heterocycles. The van der Waals surface area contributed by atoms with Crippen molar-refractivity contribution in [3.05, 3.63) is 65.2 Å². The summed E-state index contributed by atoms with van der Waals surface area (Å²) >= 11 is 0. The van der Waals surface area contributed by atoms with Crippen LogP contribution < -0.4 is 5.32 Å². The lowest BCUT2D eigenvalue weighted by Crippen LogP contribution is -2.47. The summed E-state index contributed by atoms with van der Waals surface area (Å²) < 4.78 is 0. The first-order valence-corrected chi connectivity index (χ1v) is 8.94. The summed E-state index contributed by atoms with van der Waals surface area (Å²) in [4.78, 5) is 28.8. The summed E-state index contributed by atoms with van der Waals surface area (Å²) in [7, 11) is 2.07. The van der Waals surface area contributed by atoms with Crippen LogP contribution in [0.2, 0.25) is 0 Å². The number of aryl methyl sites for hydroxylation is 1. The minimum Gasteiger partial charge on any atom is -0.336 e. The SMILES string of the molecule is Cc1ccc(CC(=O)Nc2ccc(C(=O)N3CCN(C)CC3)cc2)cc1. The van der Waals surface area contributed by atoms with E-state index in [9.17, 15) is 9.59 Å². The summed E-state index contributed by atoms with van der Waals surface area (Å²) in [5.74, 6) is -0.0115. The minimum absolute atomic E-state index is 0.0515. The highest BCUT2D eigenvalue weighted by Crippen LogP contribution is 2.14. The van der Waals surface area contributed by atoms with Crippen LogP contribution in [0.15, 0.2) is 48.5 Å². The topological polar surface area (TPSA) is 52.7 Å². The zero-order valence-electron chi connectivity index (χ0n) is 15.4. The number of piperazine rings is 1. The van der Waals surface area contributed by atoms with E-state index in [1.807, 2.05) is 36.1 Å². The van der Waals surface area contributed by atoms with Gasteiger partial charge in [0.25, 0.3) is 5.91 Å². The fraction of sp³-hybridized carbons (Fsp3) is 0.333. The van der Waals surface area contributed by atoms with E-state index in [4.69, 9.17) is 0 Å². The first-order valence-electron chi connectivity index (χ1n) is 8.94. The largest absolute Gasteiger partial charge is 0.336 e. The fourth-order valence-corrected chi connectivity index (χ4v) is 2.98. The maximum atomic E-state index is 12.5. The number of nitrogens with one attached hydrogen (secondary N) is 1. The van der Waals surface area contributed by atoms with Gasteiger partial charge in [0.2, 0.25) is 5.91 Å². The highest BCUT2D eigenvalue weighted by molar-refractivity contribution is 5.96. The predicted octanol–water partition coefficient (Wildman–Crippen LogP) is 2.56. The standard InChI is InChI=1S/C21H25N3O2/c1-16-3-5-17(6-4-16)15-20(25)22-19-9-7-18(8-10-19)21(26)24-13-11-23(2)12-14-24/h3-10H,11-15H2,1-2H3,(H,22,25). The smallest absolute Gasteiger partial charge is 0.253 e. The lowest BCUT2D eigenvalue weighted by Gasteiger charge is -2.32. The van der Waals surface area contributed by atoms with Crippen LogP contribution in [-0.4, -0.2) is 54.8 Å². The number of anilines is 1. The quantitative estimate of drug-likeness (QED) is 0.921. The van der Waals surface area contributed by atoms with Crippen LogP contribution in [0.4, 0.5) is 5.69 Å². The van der Waals surface area contributed by atoms with Crippen molar-refractivity contribution in [2.24, 2.45) is 0 Å². The van der Waals surface area contributed by atoms with Crippen LogP contribution >= 0.6 is 0 Å². The number of nitrogens with zero attached hydrogens (tertiary/aromatic N) is 2. The second kappa shape index (κ2) is 8.15. The Morgan fingerprint density at radius 2 is 1.54 bits per heavy atom. The normalized spacial score (nSPS) is 14.9. The highest BCUT2D eigenvalue weighted by atomic mass is 16.2. The molecule has 0 aromatic heterocycles. The molecule has 0 aliphatic carbocycles. The molecular weight excluding hydrogens is 326 g/mol. The molecule has 0 unspecified atom stereocenters. The maximum absolute atomic E-state index is 12.5. The van der Waals surface area contributed by atoms with Crippen molar-refractivity contribution < 1.29 is 9.59 Å². The van der Waals surface area contributed by atoms with Gasteiger partial charge in [-0.25, -0.2) is 0 Å². The van der Waals surface area contributed by atoms with Gasteiger partial charge in [0.05, 0.1) is 6.42 Å². The Hall–Kier alpha value is -2.66. The van der Waals surface area contributed by atoms with Gasteiger partial charge in [-0.15, -0.1) is 0 Å². The number of hydrogen-bond donors (Lipinski definition) is 1. The van der Waals surface area contributed by atoms with Crippen LogP contribution in [0.5, 0.6) is 0 Å². The van der Waals surface area contributed by atoms with Crippen molar-refractivity contribution in [3.8, 4) is 0 Å². The first-order chi connectivity index (χ1) is 12.5. The Labute approximate surface area is 154 Å². The molecule has 2 aromatic rings. The average Bonchev–Trinajstić information content (AvgIpc) is 2.64. The van der Waals surface area contributed by atoms with Crippen LogP contribution in [-0.2, 0) is 11.2 Å². The number of carbonyl (C=O) groups excluding carboxylic acids is 2. The first kappa shape index (κ1) is 18.1. The lowest BCUT2D eigenvalue weighted by molar-refractivity contribution is -0.115. The summed E-state index contributed by atoms with van der Waals surface area (Å²) in [5, 5.41) is 2.89. The lowest BCUT2D eigenvalue weighted by atomic mass is 10.1. The molecule has 1 aliphatic rings. The summed E-state index contributed by atoms with van der Waals surface area (Å²) in [6, 6.07) is 15.1. The summed E-state index contributed by atoms with van der Waals surface area (Å²) in [6.07, 6.45) is 0.336. The third-order valence-electron chi connectivity index (χ3n) is 4.69. The Bertz CT molecular complexity index is 761. The number of benzene rings is 2. The molecule has 1 heterocycles. The van der Waals surface area contributed by atoms with E-state index in [0.717, 1.165) is 31.7 Å². The van der Waals surface area contributed by atoms with E-state index in [2.05, 4.69) is 17.3 Å². The van der Waals surface area contributed by atoms with Gasteiger partial charge in [-0.05, 0) is 43.8 Å². The molecule has 2 aromatic carbocycles. The van der Waals surface area contributed by atoms with Crippen molar-refractivity contribution in [1.82, 2.24) is 9.80 Å². The average molecular weight is 351 g/mol. The van der Waals surface area contributed by atoms with Gasteiger partial charge in [-0.2, -0.15) is 0 Å². The second-order valence-electron chi connectivity index (χ2n) is 6.88. The summed E-state index contributed by atoms with van der Waals surface area (Å²) in [6.45, 7) is 5.33. The molecular formula is C21H25N3O2. The Morgan fingerprint density at radius 1 is 0.923 bits per heavy atom. The molecule has 136 valence electrons. The van der Waals surface area contributed by atoms with Gasteiger partial charge < -0.3 is 15.1 Å². The van der Waals surface area contributed by atoms with E-state index in [-0.39, 0.29) is 11.8 Å². The van der Waals surface area contributed by atoms with Crippen LogP contribution in [0.1, 0.15) is 21.5 Å². The van der Waals surface area contributed by atoms with Crippen molar-refractivity contribution >= 4 is 17.5 Å². The maximum Gasteiger partial charge on any atom is 0.253 e. The molecule has 0 spiro atoms. The van der Waals surface area contributed by atoms with Crippen molar-refractivity contribution in [2.75, 3.05) is 38.5 Å². The van der Waals surface area contributed by atoms with E-state index < -0.39 is 0 Å². The van der Waals surface area contributed by atoms with Gasteiger partial charge in [0.15, 0.2) is 0 Å². The van der Waals surface area contributed by atoms with Gasteiger partial charge in [-0.3, -0.25) is 9.59 Å².